The quantitative estimate of drug-likeness (QED) is 0.554. The van der Waals surface area contributed by atoms with E-state index in [4.69, 9.17) is 10.8 Å². The Morgan fingerprint density at radius 1 is 1.38 bits per heavy atom. The van der Waals surface area contributed by atoms with Gasteiger partial charge in [0.1, 0.15) is 0 Å². The SMILES string of the molecule is CCCC(=O)C(CC(=O)O)NC(=O)C(C)N. The first-order chi connectivity index (χ1) is 7.38. The number of carbonyl (C=O) groups is 3. The second-order valence-electron chi connectivity index (χ2n) is 3.66. The molecule has 0 aromatic carbocycles. The van der Waals surface area contributed by atoms with Gasteiger partial charge in [0.15, 0.2) is 5.78 Å². The molecule has 0 aliphatic rings. The summed E-state index contributed by atoms with van der Waals surface area (Å²) in [7, 11) is 0. The molecule has 0 saturated carbocycles. The topological polar surface area (TPSA) is 109 Å². The van der Waals surface area contributed by atoms with Gasteiger partial charge in [0.25, 0.3) is 0 Å². The zero-order valence-electron chi connectivity index (χ0n) is 9.53. The Kier molecular flexibility index (Phi) is 6.32. The lowest BCUT2D eigenvalue weighted by Gasteiger charge is -2.16. The highest BCUT2D eigenvalue weighted by molar-refractivity contribution is 5.93. The van der Waals surface area contributed by atoms with Gasteiger partial charge in [0.2, 0.25) is 5.91 Å². The largest absolute Gasteiger partial charge is 0.481 e. The van der Waals surface area contributed by atoms with Crippen molar-refractivity contribution in [2.45, 2.75) is 45.2 Å². The monoisotopic (exact) mass is 230 g/mol. The van der Waals surface area contributed by atoms with E-state index >= 15 is 0 Å². The molecule has 6 nitrogen and oxygen atoms in total. The summed E-state index contributed by atoms with van der Waals surface area (Å²) in [5.74, 6) is -1.92. The molecule has 0 aromatic rings. The van der Waals surface area contributed by atoms with Gasteiger partial charge in [-0.1, -0.05) is 6.92 Å². The summed E-state index contributed by atoms with van der Waals surface area (Å²) >= 11 is 0. The van der Waals surface area contributed by atoms with Gasteiger partial charge in [-0.15, -0.1) is 0 Å². The van der Waals surface area contributed by atoms with Crippen LogP contribution in [-0.4, -0.2) is 34.8 Å². The average Bonchev–Trinajstić information content (AvgIpc) is 2.16. The number of carboxylic acid groups (broad SMARTS) is 1. The van der Waals surface area contributed by atoms with Gasteiger partial charge in [-0.05, 0) is 13.3 Å². The summed E-state index contributed by atoms with van der Waals surface area (Å²) < 4.78 is 0. The number of ketones is 1. The molecular weight excluding hydrogens is 212 g/mol. The highest BCUT2D eigenvalue weighted by Crippen LogP contribution is 2.01. The molecule has 0 bridgehead atoms. The number of hydrogen-bond donors (Lipinski definition) is 3. The first kappa shape index (κ1) is 14.6. The maximum absolute atomic E-state index is 11.5. The van der Waals surface area contributed by atoms with Crippen molar-refractivity contribution in [3.8, 4) is 0 Å². The highest BCUT2D eigenvalue weighted by atomic mass is 16.4. The molecule has 0 rings (SSSR count). The van der Waals surface area contributed by atoms with Crippen molar-refractivity contribution in [2.75, 3.05) is 0 Å². The predicted molar refractivity (Wildman–Crippen MR) is 57.7 cm³/mol. The smallest absolute Gasteiger partial charge is 0.305 e. The van der Waals surface area contributed by atoms with E-state index in [2.05, 4.69) is 5.32 Å². The number of aliphatic carboxylic acids is 1. The van der Waals surface area contributed by atoms with Crippen molar-refractivity contribution in [3.63, 3.8) is 0 Å². The van der Waals surface area contributed by atoms with Crippen molar-refractivity contribution in [1.29, 1.82) is 0 Å². The van der Waals surface area contributed by atoms with E-state index in [1.54, 1.807) is 0 Å². The molecule has 92 valence electrons. The number of nitrogens with two attached hydrogens (primary N) is 1. The van der Waals surface area contributed by atoms with E-state index in [9.17, 15) is 14.4 Å². The van der Waals surface area contributed by atoms with Gasteiger partial charge in [-0.2, -0.15) is 0 Å². The molecule has 4 N–H and O–H groups in total. The van der Waals surface area contributed by atoms with E-state index in [1.165, 1.54) is 6.92 Å². The number of nitrogens with one attached hydrogen (secondary N) is 1. The van der Waals surface area contributed by atoms with Crippen LogP contribution in [0, 0.1) is 0 Å². The van der Waals surface area contributed by atoms with E-state index < -0.39 is 30.4 Å². The van der Waals surface area contributed by atoms with Crippen LogP contribution in [0.2, 0.25) is 0 Å². The van der Waals surface area contributed by atoms with Crippen molar-refractivity contribution < 1.29 is 19.5 Å². The molecule has 0 aliphatic heterocycles. The lowest BCUT2D eigenvalue weighted by Crippen LogP contribution is -2.48. The van der Waals surface area contributed by atoms with Crippen LogP contribution >= 0.6 is 0 Å². The van der Waals surface area contributed by atoms with Crippen molar-refractivity contribution in [2.24, 2.45) is 5.73 Å². The van der Waals surface area contributed by atoms with Crippen LogP contribution in [0.5, 0.6) is 0 Å². The highest BCUT2D eigenvalue weighted by Gasteiger charge is 2.23. The van der Waals surface area contributed by atoms with Gasteiger partial charge in [-0.25, -0.2) is 0 Å². The third kappa shape index (κ3) is 5.45. The van der Waals surface area contributed by atoms with Crippen LogP contribution in [0.15, 0.2) is 0 Å². The summed E-state index contributed by atoms with van der Waals surface area (Å²) in [6.45, 7) is 3.28. The molecular formula is C10H18N2O4. The third-order valence-corrected chi connectivity index (χ3v) is 1.99. The van der Waals surface area contributed by atoms with Crippen molar-refractivity contribution in [3.05, 3.63) is 0 Å². The molecule has 1 amide bonds. The maximum atomic E-state index is 11.5. The molecule has 0 fully saturated rings. The van der Waals surface area contributed by atoms with Gasteiger partial charge >= 0.3 is 5.97 Å². The second-order valence-corrected chi connectivity index (χ2v) is 3.66. The number of carbonyl (C=O) groups excluding carboxylic acids is 2. The Bertz CT molecular complexity index is 276. The summed E-state index contributed by atoms with van der Waals surface area (Å²) in [4.78, 5) is 33.3. The number of carboxylic acids is 1. The minimum absolute atomic E-state index is 0.247. The zero-order chi connectivity index (χ0) is 12.7. The van der Waals surface area contributed by atoms with Crippen LogP contribution in [-0.2, 0) is 14.4 Å². The van der Waals surface area contributed by atoms with Gasteiger partial charge < -0.3 is 16.2 Å². The Hall–Kier alpha value is -1.43. The fourth-order valence-corrected chi connectivity index (χ4v) is 1.14. The van der Waals surface area contributed by atoms with Crippen LogP contribution in [0.25, 0.3) is 0 Å². The van der Waals surface area contributed by atoms with E-state index in [0.29, 0.717) is 6.42 Å². The first-order valence-corrected chi connectivity index (χ1v) is 5.19. The molecule has 0 aromatic heterocycles. The Balaban J connectivity index is 4.48. The number of amides is 1. The molecule has 0 saturated heterocycles. The van der Waals surface area contributed by atoms with Gasteiger partial charge in [-0.3, -0.25) is 14.4 Å². The average molecular weight is 230 g/mol. The molecule has 16 heavy (non-hydrogen) atoms. The van der Waals surface area contributed by atoms with Crippen molar-refractivity contribution in [1.82, 2.24) is 5.32 Å². The number of Topliss-reactive ketones (excluding diaryl/α,β-unsaturated/α-hetero) is 1. The lowest BCUT2D eigenvalue weighted by atomic mass is 10.0. The number of hydrogen-bond acceptors (Lipinski definition) is 4. The minimum atomic E-state index is -1.13. The maximum Gasteiger partial charge on any atom is 0.305 e. The molecule has 2 unspecified atom stereocenters. The summed E-state index contributed by atoms with van der Waals surface area (Å²) in [6, 6.07) is -1.73. The summed E-state index contributed by atoms with van der Waals surface area (Å²) in [5, 5.41) is 11.0. The lowest BCUT2D eigenvalue weighted by molar-refractivity contribution is -0.140. The molecule has 6 heteroatoms. The van der Waals surface area contributed by atoms with Crippen LogP contribution in [0.4, 0.5) is 0 Å². The zero-order valence-corrected chi connectivity index (χ0v) is 9.53. The molecule has 0 aliphatic carbocycles. The van der Waals surface area contributed by atoms with E-state index in [1.807, 2.05) is 6.92 Å². The first-order valence-electron chi connectivity index (χ1n) is 5.19. The minimum Gasteiger partial charge on any atom is -0.481 e. The summed E-state index contributed by atoms with van der Waals surface area (Å²) in [6.07, 6.45) is 0.456. The Morgan fingerprint density at radius 3 is 2.31 bits per heavy atom. The predicted octanol–water partition coefficient (Wildman–Crippen LogP) is -0.338. The Labute approximate surface area is 94.2 Å². The van der Waals surface area contributed by atoms with E-state index in [0.717, 1.165) is 0 Å². The third-order valence-electron chi connectivity index (χ3n) is 1.99. The fraction of sp³-hybridized carbons (Fsp3) is 0.700. The second kappa shape index (κ2) is 6.95. The van der Waals surface area contributed by atoms with Crippen LogP contribution in [0.1, 0.15) is 33.1 Å². The fourth-order valence-electron chi connectivity index (χ4n) is 1.14. The van der Waals surface area contributed by atoms with Crippen LogP contribution < -0.4 is 11.1 Å². The van der Waals surface area contributed by atoms with E-state index in [-0.39, 0.29) is 12.2 Å². The number of rotatable bonds is 7. The molecule has 0 heterocycles. The van der Waals surface area contributed by atoms with Gasteiger partial charge in [0.05, 0.1) is 18.5 Å². The standard InChI is InChI=1S/C10H18N2O4/c1-3-4-8(13)7(5-9(14)15)12-10(16)6(2)11/h6-7H,3-5,11H2,1-2H3,(H,12,16)(H,14,15). The molecule has 0 spiro atoms. The van der Waals surface area contributed by atoms with Gasteiger partial charge in [0, 0.05) is 6.42 Å². The Morgan fingerprint density at radius 2 is 1.94 bits per heavy atom. The molecule has 0 radical (unpaired) electrons. The summed E-state index contributed by atoms with van der Waals surface area (Å²) in [5.41, 5.74) is 5.32. The van der Waals surface area contributed by atoms with Crippen molar-refractivity contribution >= 4 is 17.7 Å². The molecule has 2 atom stereocenters. The van der Waals surface area contributed by atoms with Crippen LogP contribution in [0.3, 0.4) is 0 Å². The normalized spacial score (nSPS) is 13.9.